The molecule has 0 amide bonds. The standard InChI is InChI=1S/C75H146O17P2/c1-6-9-12-15-17-19-21-23-25-26-27-28-29-33-38-42-46-51-56-61-75(80)92-71(65-86-73(78)59-54-49-44-40-36-34-30-31-35-39-43-48-52-57-68(4)5)67-90-94(83,84)88-63-69(76)62-87-93(81,82)89-66-70(64-85-72(77)58-53-47-14-11-8-3)91-74(79)60-55-50-45-41-37-32-24-22-20-18-16-13-10-7-2/h68-71,76H,6-67H2,1-5H3,(H,81,82)(H,83,84)/t69-,70+,71+/m0/s1. The minimum absolute atomic E-state index is 0.107. The summed E-state index contributed by atoms with van der Waals surface area (Å²) in [5, 5.41) is 10.6. The molecule has 0 aliphatic rings. The molecule has 2 unspecified atom stereocenters. The number of hydrogen-bond donors (Lipinski definition) is 3. The number of phosphoric acid groups is 2. The quantitative estimate of drug-likeness (QED) is 0.0222. The Morgan fingerprint density at radius 1 is 0.287 bits per heavy atom. The summed E-state index contributed by atoms with van der Waals surface area (Å²) in [7, 11) is -9.90. The van der Waals surface area contributed by atoms with Crippen LogP contribution in [0.15, 0.2) is 0 Å². The molecule has 19 heteroatoms. The summed E-state index contributed by atoms with van der Waals surface area (Å²) in [5.74, 6) is -1.33. The molecule has 0 heterocycles. The normalized spacial score (nSPS) is 14.0. The molecule has 0 aromatic carbocycles. The molecule has 0 bridgehead atoms. The summed E-state index contributed by atoms with van der Waals surface area (Å²) in [5.41, 5.74) is 0. The van der Waals surface area contributed by atoms with Gasteiger partial charge in [-0.1, -0.05) is 343 Å². The van der Waals surface area contributed by atoms with Gasteiger partial charge in [0.25, 0.3) is 0 Å². The van der Waals surface area contributed by atoms with Crippen molar-refractivity contribution in [2.24, 2.45) is 5.92 Å². The van der Waals surface area contributed by atoms with Crippen LogP contribution in [-0.4, -0.2) is 96.7 Å². The molecule has 558 valence electrons. The fourth-order valence-corrected chi connectivity index (χ4v) is 13.1. The Kier molecular flexibility index (Phi) is 66.8. The monoisotopic (exact) mass is 1380 g/mol. The van der Waals surface area contributed by atoms with E-state index in [1.807, 2.05) is 0 Å². The van der Waals surface area contributed by atoms with Gasteiger partial charge in [0, 0.05) is 25.7 Å². The molecule has 0 saturated carbocycles. The topological polar surface area (TPSA) is 237 Å². The third-order valence-corrected chi connectivity index (χ3v) is 19.4. The highest BCUT2D eigenvalue weighted by atomic mass is 31.2. The van der Waals surface area contributed by atoms with E-state index in [0.717, 1.165) is 102 Å². The van der Waals surface area contributed by atoms with E-state index in [2.05, 4.69) is 34.6 Å². The smallest absolute Gasteiger partial charge is 0.462 e. The first-order valence-electron chi connectivity index (χ1n) is 39.1. The fraction of sp³-hybridized carbons (Fsp3) is 0.947. The molecule has 94 heavy (non-hydrogen) atoms. The van der Waals surface area contributed by atoms with E-state index < -0.39 is 97.5 Å². The second kappa shape index (κ2) is 68.2. The number of rotatable bonds is 75. The van der Waals surface area contributed by atoms with Gasteiger partial charge >= 0.3 is 39.5 Å². The second-order valence-electron chi connectivity index (χ2n) is 27.5. The van der Waals surface area contributed by atoms with Crippen molar-refractivity contribution >= 4 is 39.5 Å². The Balaban J connectivity index is 5.14. The van der Waals surface area contributed by atoms with Gasteiger partial charge in [-0.3, -0.25) is 37.3 Å². The van der Waals surface area contributed by atoms with E-state index in [1.54, 1.807) is 0 Å². The Morgan fingerprint density at radius 3 is 0.723 bits per heavy atom. The van der Waals surface area contributed by atoms with Crippen molar-refractivity contribution in [3.8, 4) is 0 Å². The van der Waals surface area contributed by atoms with Gasteiger partial charge in [-0.15, -0.1) is 0 Å². The molecule has 5 atom stereocenters. The minimum atomic E-state index is -4.95. The fourth-order valence-electron chi connectivity index (χ4n) is 11.5. The molecule has 0 aromatic heterocycles. The molecule has 0 radical (unpaired) electrons. The third-order valence-electron chi connectivity index (χ3n) is 17.5. The Bertz CT molecular complexity index is 1810. The molecule has 0 aliphatic heterocycles. The third kappa shape index (κ3) is 68.6. The summed E-state index contributed by atoms with van der Waals surface area (Å²) in [6, 6.07) is 0. The van der Waals surface area contributed by atoms with Gasteiger partial charge in [-0.05, 0) is 31.6 Å². The van der Waals surface area contributed by atoms with Gasteiger partial charge in [0.2, 0.25) is 0 Å². The molecule has 0 spiro atoms. The number of ether oxygens (including phenoxy) is 4. The number of carbonyl (C=O) groups is 4. The van der Waals surface area contributed by atoms with Crippen LogP contribution in [-0.2, 0) is 65.4 Å². The first-order chi connectivity index (χ1) is 45.5. The lowest BCUT2D eigenvalue weighted by Gasteiger charge is -2.21. The first kappa shape index (κ1) is 92.1. The lowest BCUT2D eigenvalue weighted by Crippen LogP contribution is -2.30. The lowest BCUT2D eigenvalue weighted by atomic mass is 10.0. The molecule has 0 fully saturated rings. The van der Waals surface area contributed by atoms with E-state index in [-0.39, 0.29) is 25.7 Å². The van der Waals surface area contributed by atoms with Gasteiger partial charge in [0.15, 0.2) is 12.2 Å². The lowest BCUT2D eigenvalue weighted by molar-refractivity contribution is -0.161. The molecule has 0 aliphatic carbocycles. The van der Waals surface area contributed by atoms with E-state index in [4.69, 9.17) is 37.0 Å². The van der Waals surface area contributed by atoms with E-state index >= 15 is 0 Å². The van der Waals surface area contributed by atoms with Crippen LogP contribution in [0.1, 0.15) is 394 Å². The van der Waals surface area contributed by atoms with Gasteiger partial charge in [0.05, 0.1) is 26.4 Å². The van der Waals surface area contributed by atoms with Crippen LogP contribution in [0.5, 0.6) is 0 Å². The number of unbranched alkanes of at least 4 members (excludes halogenated alkanes) is 47. The van der Waals surface area contributed by atoms with Crippen molar-refractivity contribution in [2.75, 3.05) is 39.6 Å². The highest BCUT2D eigenvalue weighted by molar-refractivity contribution is 7.47. The van der Waals surface area contributed by atoms with Crippen molar-refractivity contribution in [3.05, 3.63) is 0 Å². The predicted molar refractivity (Wildman–Crippen MR) is 382 cm³/mol. The van der Waals surface area contributed by atoms with Crippen molar-refractivity contribution in [3.63, 3.8) is 0 Å². The maximum atomic E-state index is 13.1. The molecule has 17 nitrogen and oxygen atoms in total. The Morgan fingerprint density at radius 2 is 0.489 bits per heavy atom. The Labute approximate surface area is 575 Å². The van der Waals surface area contributed by atoms with Crippen molar-refractivity contribution in [1.29, 1.82) is 0 Å². The van der Waals surface area contributed by atoms with E-state index in [1.165, 1.54) is 212 Å². The predicted octanol–water partition coefficient (Wildman–Crippen LogP) is 22.1. The van der Waals surface area contributed by atoms with Crippen LogP contribution < -0.4 is 0 Å². The van der Waals surface area contributed by atoms with E-state index in [9.17, 15) is 43.2 Å². The summed E-state index contributed by atoms with van der Waals surface area (Å²) in [6.45, 7) is 7.22. The van der Waals surface area contributed by atoms with Gasteiger partial charge in [-0.25, -0.2) is 9.13 Å². The molecule has 0 aromatic rings. The van der Waals surface area contributed by atoms with Crippen molar-refractivity contribution < 1.29 is 80.2 Å². The largest absolute Gasteiger partial charge is 0.472 e. The minimum Gasteiger partial charge on any atom is -0.462 e. The van der Waals surface area contributed by atoms with Crippen LogP contribution in [0.2, 0.25) is 0 Å². The van der Waals surface area contributed by atoms with Gasteiger partial charge < -0.3 is 33.8 Å². The number of esters is 4. The zero-order valence-electron chi connectivity index (χ0n) is 61.1. The zero-order valence-corrected chi connectivity index (χ0v) is 62.9. The van der Waals surface area contributed by atoms with Crippen LogP contribution in [0.25, 0.3) is 0 Å². The molecule has 3 N–H and O–H groups in total. The molecular weight excluding hydrogens is 1230 g/mol. The average Bonchev–Trinajstić information content (AvgIpc) is 3.21. The zero-order chi connectivity index (χ0) is 69.1. The summed E-state index contributed by atoms with van der Waals surface area (Å²) < 4.78 is 68.3. The summed E-state index contributed by atoms with van der Waals surface area (Å²) in [6.07, 6.45) is 57.3. The first-order valence-corrected chi connectivity index (χ1v) is 42.1. The maximum absolute atomic E-state index is 13.1. The highest BCUT2D eigenvalue weighted by Gasteiger charge is 2.30. The van der Waals surface area contributed by atoms with Crippen LogP contribution in [0.3, 0.4) is 0 Å². The average molecular weight is 1380 g/mol. The van der Waals surface area contributed by atoms with Gasteiger partial charge in [0.1, 0.15) is 19.3 Å². The van der Waals surface area contributed by atoms with Crippen LogP contribution in [0, 0.1) is 5.92 Å². The highest BCUT2D eigenvalue weighted by Crippen LogP contribution is 2.45. The molecular formula is C75H146O17P2. The number of hydrogen-bond acceptors (Lipinski definition) is 15. The summed E-state index contributed by atoms with van der Waals surface area (Å²) >= 11 is 0. The summed E-state index contributed by atoms with van der Waals surface area (Å²) in [4.78, 5) is 72.5. The second-order valence-corrected chi connectivity index (χ2v) is 30.4. The number of aliphatic hydroxyl groups excluding tert-OH is 1. The molecule has 0 saturated heterocycles. The maximum Gasteiger partial charge on any atom is 0.472 e. The molecule has 0 rings (SSSR count). The number of phosphoric ester groups is 2. The van der Waals surface area contributed by atoms with Crippen molar-refractivity contribution in [2.45, 2.75) is 412 Å². The van der Waals surface area contributed by atoms with Gasteiger partial charge in [-0.2, -0.15) is 0 Å². The van der Waals surface area contributed by atoms with Crippen LogP contribution >= 0.6 is 15.6 Å². The Hall–Kier alpha value is -1.94. The van der Waals surface area contributed by atoms with Crippen LogP contribution in [0.4, 0.5) is 0 Å². The SMILES string of the molecule is CCCCCCCCCCCCCCCCCCCCCC(=O)O[C@H](COC(=O)CCCCCCCCCCCCCCCC(C)C)COP(=O)(O)OC[C@@H](O)COP(=O)(O)OC[C@@H](COC(=O)CCCCCCC)OC(=O)CCCCCCCCCCCCCCCC. The van der Waals surface area contributed by atoms with Crippen molar-refractivity contribution in [1.82, 2.24) is 0 Å². The number of aliphatic hydroxyl groups is 1. The number of carbonyl (C=O) groups excluding carboxylic acids is 4. The van der Waals surface area contributed by atoms with E-state index in [0.29, 0.717) is 25.7 Å².